The van der Waals surface area contributed by atoms with Crippen LogP contribution in [0, 0.1) is 13.8 Å². The summed E-state index contributed by atoms with van der Waals surface area (Å²) < 4.78 is 38.3. The zero-order valence-electron chi connectivity index (χ0n) is 11.0. The lowest BCUT2D eigenvalue weighted by Gasteiger charge is -2.06. The Hall–Kier alpha value is -2.11. The number of ketones is 1. The summed E-state index contributed by atoms with van der Waals surface area (Å²) in [6, 6.07) is 5.42. The molecular formula is C14H13F3N2O. The monoisotopic (exact) mass is 282 g/mol. The lowest BCUT2D eigenvalue weighted by Crippen LogP contribution is -2.12. The van der Waals surface area contributed by atoms with E-state index in [0.29, 0.717) is 5.56 Å². The molecule has 0 saturated heterocycles. The second-order valence-electron chi connectivity index (χ2n) is 4.67. The van der Waals surface area contributed by atoms with E-state index >= 15 is 0 Å². The Morgan fingerprint density at radius 1 is 1.30 bits per heavy atom. The highest BCUT2D eigenvalue weighted by Crippen LogP contribution is 2.28. The second-order valence-corrected chi connectivity index (χ2v) is 4.67. The molecule has 0 atom stereocenters. The first-order valence-corrected chi connectivity index (χ1v) is 5.97. The summed E-state index contributed by atoms with van der Waals surface area (Å²) in [5.41, 5.74) is 1.37. The lowest BCUT2D eigenvalue weighted by atomic mass is 10.0. The van der Waals surface area contributed by atoms with E-state index < -0.39 is 11.7 Å². The van der Waals surface area contributed by atoms with Crippen LogP contribution in [0.3, 0.4) is 0 Å². The molecule has 6 heteroatoms. The van der Waals surface area contributed by atoms with Gasteiger partial charge in [-0.1, -0.05) is 17.7 Å². The predicted molar refractivity (Wildman–Crippen MR) is 67.5 cm³/mol. The zero-order chi connectivity index (χ0) is 14.9. The van der Waals surface area contributed by atoms with Gasteiger partial charge >= 0.3 is 6.18 Å². The number of carbonyl (C=O) groups excluding carboxylic acids is 1. The maximum atomic E-state index is 12.4. The largest absolute Gasteiger partial charge is 0.419 e. The SMILES string of the molecule is Cc1ccc(C)c(C(=O)Cn2cc(C(F)(F)F)cn2)c1. The van der Waals surface area contributed by atoms with Gasteiger partial charge < -0.3 is 0 Å². The molecule has 0 bridgehead atoms. The van der Waals surface area contributed by atoms with Crippen molar-refractivity contribution in [1.29, 1.82) is 0 Å². The van der Waals surface area contributed by atoms with Gasteiger partial charge in [-0.05, 0) is 25.5 Å². The number of halogens is 3. The molecule has 0 fully saturated rings. The van der Waals surface area contributed by atoms with Crippen LogP contribution >= 0.6 is 0 Å². The lowest BCUT2D eigenvalue weighted by molar-refractivity contribution is -0.137. The first-order chi connectivity index (χ1) is 9.27. The summed E-state index contributed by atoms with van der Waals surface area (Å²) in [7, 11) is 0. The Labute approximate surface area is 114 Å². The van der Waals surface area contributed by atoms with Crippen LogP contribution < -0.4 is 0 Å². The van der Waals surface area contributed by atoms with Gasteiger partial charge in [-0.3, -0.25) is 9.48 Å². The topological polar surface area (TPSA) is 34.9 Å². The maximum Gasteiger partial charge on any atom is 0.419 e. The molecule has 0 saturated carbocycles. The van der Waals surface area contributed by atoms with Crippen LogP contribution in [-0.2, 0) is 12.7 Å². The molecule has 2 rings (SSSR count). The summed E-state index contributed by atoms with van der Waals surface area (Å²) in [6.07, 6.45) is -2.89. The smallest absolute Gasteiger partial charge is 0.292 e. The maximum absolute atomic E-state index is 12.4. The molecule has 106 valence electrons. The molecule has 0 aliphatic carbocycles. The number of benzene rings is 1. The van der Waals surface area contributed by atoms with E-state index in [1.54, 1.807) is 13.0 Å². The van der Waals surface area contributed by atoms with Crippen molar-refractivity contribution in [3.63, 3.8) is 0 Å². The Morgan fingerprint density at radius 3 is 2.60 bits per heavy atom. The summed E-state index contributed by atoms with van der Waals surface area (Å²) in [6.45, 7) is 3.43. The van der Waals surface area contributed by atoms with E-state index in [4.69, 9.17) is 0 Å². The van der Waals surface area contributed by atoms with Gasteiger partial charge in [-0.2, -0.15) is 18.3 Å². The van der Waals surface area contributed by atoms with Crippen molar-refractivity contribution in [2.75, 3.05) is 0 Å². The fourth-order valence-corrected chi connectivity index (χ4v) is 1.86. The average Bonchev–Trinajstić information content (AvgIpc) is 2.80. The van der Waals surface area contributed by atoms with E-state index in [2.05, 4.69) is 5.10 Å². The summed E-state index contributed by atoms with van der Waals surface area (Å²) in [5, 5.41) is 3.58. The minimum atomic E-state index is -4.44. The van der Waals surface area contributed by atoms with E-state index in [0.717, 1.165) is 28.2 Å². The van der Waals surface area contributed by atoms with E-state index in [1.165, 1.54) is 0 Å². The van der Waals surface area contributed by atoms with Gasteiger partial charge in [0.1, 0.15) is 6.54 Å². The number of aryl methyl sites for hydroxylation is 2. The van der Waals surface area contributed by atoms with E-state index in [1.807, 2.05) is 19.1 Å². The number of Topliss-reactive ketones (excluding diaryl/α,β-unsaturated/α-hetero) is 1. The van der Waals surface area contributed by atoms with Gasteiger partial charge in [-0.25, -0.2) is 0 Å². The Kier molecular flexibility index (Phi) is 3.65. The van der Waals surface area contributed by atoms with Crippen LogP contribution in [0.4, 0.5) is 13.2 Å². The summed E-state index contributed by atoms with van der Waals surface area (Å²) in [5.74, 6) is -0.261. The Bertz CT molecular complexity index is 644. The van der Waals surface area contributed by atoms with Crippen molar-refractivity contribution in [1.82, 2.24) is 9.78 Å². The molecule has 1 aromatic carbocycles. The van der Waals surface area contributed by atoms with Gasteiger partial charge in [0, 0.05) is 11.8 Å². The fraction of sp³-hybridized carbons (Fsp3) is 0.286. The number of carbonyl (C=O) groups is 1. The molecule has 2 aromatic rings. The van der Waals surface area contributed by atoms with Crippen LogP contribution in [0.15, 0.2) is 30.6 Å². The highest BCUT2D eigenvalue weighted by Gasteiger charge is 2.32. The molecule has 0 aliphatic rings. The molecule has 0 radical (unpaired) electrons. The van der Waals surface area contributed by atoms with Crippen LogP contribution in [0.2, 0.25) is 0 Å². The molecule has 1 aromatic heterocycles. The third-order valence-electron chi connectivity index (χ3n) is 2.96. The van der Waals surface area contributed by atoms with Gasteiger partial charge in [-0.15, -0.1) is 0 Å². The number of nitrogens with zero attached hydrogens (tertiary/aromatic N) is 2. The van der Waals surface area contributed by atoms with Crippen LogP contribution in [0.5, 0.6) is 0 Å². The number of aromatic nitrogens is 2. The molecule has 0 aliphatic heterocycles. The van der Waals surface area contributed by atoms with Crippen LogP contribution in [0.1, 0.15) is 27.0 Å². The minimum Gasteiger partial charge on any atom is -0.292 e. The molecule has 0 unspecified atom stereocenters. The van der Waals surface area contributed by atoms with Gasteiger partial charge in [0.15, 0.2) is 5.78 Å². The third-order valence-corrected chi connectivity index (χ3v) is 2.96. The normalized spacial score (nSPS) is 11.7. The first kappa shape index (κ1) is 14.3. The first-order valence-electron chi connectivity index (χ1n) is 5.97. The van der Waals surface area contributed by atoms with Gasteiger partial charge in [0.2, 0.25) is 0 Å². The molecule has 1 heterocycles. The number of hydrogen-bond acceptors (Lipinski definition) is 2. The Balaban J connectivity index is 2.20. The quantitative estimate of drug-likeness (QED) is 0.809. The highest BCUT2D eigenvalue weighted by atomic mass is 19.4. The molecule has 0 spiro atoms. The Morgan fingerprint density at radius 2 is 2.00 bits per heavy atom. The highest BCUT2D eigenvalue weighted by molar-refractivity contribution is 5.97. The molecular weight excluding hydrogens is 269 g/mol. The fourth-order valence-electron chi connectivity index (χ4n) is 1.86. The van der Waals surface area contributed by atoms with E-state index in [-0.39, 0.29) is 12.3 Å². The number of rotatable bonds is 3. The van der Waals surface area contributed by atoms with Gasteiger partial charge in [0.05, 0.1) is 11.8 Å². The van der Waals surface area contributed by atoms with Crippen molar-refractivity contribution in [3.05, 3.63) is 52.8 Å². The summed E-state index contributed by atoms with van der Waals surface area (Å²) in [4.78, 5) is 12.1. The van der Waals surface area contributed by atoms with Crippen molar-refractivity contribution in [2.45, 2.75) is 26.6 Å². The number of alkyl halides is 3. The standard InChI is InChI=1S/C14H13F3N2O/c1-9-3-4-10(2)12(5-9)13(20)8-19-7-11(6-18-19)14(15,16)17/h3-7H,8H2,1-2H3. The predicted octanol–water partition coefficient (Wildman–Crippen LogP) is 3.40. The van der Waals surface area contributed by atoms with Crippen molar-refractivity contribution in [3.8, 4) is 0 Å². The molecule has 20 heavy (non-hydrogen) atoms. The van der Waals surface area contributed by atoms with Crippen molar-refractivity contribution in [2.24, 2.45) is 0 Å². The number of hydrogen-bond donors (Lipinski definition) is 0. The second kappa shape index (κ2) is 5.11. The minimum absolute atomic E-state index is 0.208. The molecule has 0 N–H and O–H groups in total. The average molecular weight is 282 g/mol. The zero-order valence-corrected chi connectivity index (χ0v) is 11.0. The molecule has 3 nitrogen and oxygen atoms in total. The van der Waals surface area contributed by atoms with Gasteiger partial charge in [0.25, 0.3) is 0 Å². The third kappa shape index (κ3) is 3.07. The van der Waals surface area contributed by atoms with Crippen LogP contribution in [0.25, 0.3) is 0 Å². The summed E-state index contributed by atoms with van der Waals surface area (Å²) >= 11 is 0. The molecule has 0 amide bonds. The van der Waals surface area contributed by atoms with E-state index in [9.17, 15) is 18.0 Å². The van der Waals surface area contributed by atoms with Crippen molar-refractivity contribution < 1.29 is 18.0 Å². The van der Waals surface area contributed by atoms with Crippen LogP contribution in [-0.4, -0.2) is 15.6 Å². The van der Waals surface area contributed by atoms with Crippen molar-refractivity contribution >= 4 is 5.78 Å².